The van der Waals surface area contributed by atoms with Crippen molar-refractivity contribution in [3.05, 3.63) is 48.0 Å². The molecular weight excluding hydrogens is 251 g/mol. The summed E-state index contributed by atoms with van der Waals surface area (Å²) in [7, 11) is 0. The van der Waals surface area contributed by atoms with Gasteiger partial charge in [0.15, 0.2) is 0 Å². The van der Waals surface area contributed by atoms with Crippen molar-refractivity contribution in [2.45, 2.75) is 44.3 Å². The van der Waals surface area contributed by atoms with Crippen molar-refractivity contribution in [2.75, 3.05) is 0 Å². The van der Waals surface area contributed by atoms with E-state index in [-0.39, 0.29) is 5.56 Å². The highest BCUT2D eigenvalue weighted by molar-refractivity contribution is 5.32. The van der Waals surface area contributed by atoms with E-state index in [1.807, 2.05) is 6.08 Å². The first-order valence-corrected chi connectivity index (χ1v) is 6.49. The Morgan fingerprint density at radius 2 is 1.84 bits per heavy atom. The van der Waals surface area contributed by atoms with Crippen LogP contribution in [0.1, 0.15) is 49.3 Å². The van der Waals surface area contributed by atoms with Crippen molar-refractivity contribution < 1.29 is 13.2 Å². The average Bonchev–Trinajstić information content (AvgIpc) is 2.37. The monoisotopic (exact) mass is 271 g/mol. The summed E-state index contributed by atoms with van der Waals surface area (Å²) < 4.78 is 38.5. The van der Waals surface area contributed by atoms with Crippen molar-refractivity contribution in [1.82, 2.24) is 0 Å². The molecule has 1 aromatic rings. The topological polar surface area (TPSA) is 26.0 Å². The van der Waals surface area contributed by atoms with Crippen LogP contribution in [0.3, 0.4) is 0 Å². The van der Waals surface area contributed by atoms with E-state index in [2.05, 4.69) is 6.58 Å². The fourth-order valence-electron chi connectivity index (χ4n) is 2.06. The zero-order valence-corrected chi connectivity index (χ0v) is 10.9. The molecule has 4 heteroatoms. The molecule has 106 valence electrons. The summed E-state index contributed by atoms with van der Waals surface area (Å²) in [6, 6.07) is 5.00. The molecular formula is C15H20F3N. The Labute approximate surface area is 112 Å². The van der Waals surface area contributed by atoms with E-state index in [0.717, 1.165) is 31.7 Å². The van der Waals surface area contributed by atoms with E-state index in [9.17, 15) is 13.2 Å². The molecule has 1 aromatic carbocycles. The summed E-state index contributed by atoms with van der Waals surface area (Å²) in [6.45, 7) is 3.63. The van der Waals surface area contributed by atoms with Crippen molar-refractivity contribution >= 4 is 0 Å². The van der Waals surface area contributed by atoms with Gasteiger partial charge in [0.2, 0.25) is 0 Å². The van der Waals surface area contributed by atoms with Gasteiger partial charge in [0, 0.05) is 6.04 Å². The highest BCUT2D eigenvalue weighted by atomic mass is 19.4. The maximum absolute atomic E-state index is 12.8. The summed E-state index contributed by atoms with van der Waals surface area (Å²) in [6.07, 6.45) is 1.83. The van der Waals surface area contributed by atoms with Crippen molar-refractivity contribution in [3.63, 3.8) is 0 Å². The lowest BCUT2D eigenvalue weighted by molar-refractivity contribution is -0.138. The Kier molecular flexibility index (Phi) is 6.09. The Hall–Kier alpha value is -1.29. The summed E-state index contributed by atoms with van der Waals surface area (Å²) in [5, 5.41) is 0. The molecule has 0 heterocycles. The maximum atomic E-state index is 12.8. The highest BCUT2D eigenvalue weighted by Gasteiger charge is 2.34. The Morgan fingerprint density at radius 1 is 1.16 bits per heavy atom. The number of alkyl halides is 3. The molecule has 1 unspecified atom stereocenters. The molecule has 1 rings (SSSR count). The van der Waals surface area contributed by atoms with Gasteiger partial charge in [-0.15, -0.1) is 6.58 Å². The van der Waals surface area contributed by atoms with Gasteiger partial charge in [-0.25, -0.2) is 0 Å². The minimum absolute atomic E-state index is 0.193. The largest absolute Gasteiger partial charge is 0.416 e. The molecule has 2 N–H and O–H groups in total. The molecule has 1 atom stereocenters. The van der Waals surface area contributed by atoms with Crippen LogP contribution in [0.25, 0.3) is 0 Å². The van der Waals surface area contributed by atoms with E-state index in [1.54, 1.807) is 6.07 Å². The smallest absolute Gasteiger partial charge is 0.324 e. The number of allylic oxidation sites excluding steroid dienone is 1. The number of hydrogen-bond donors (Lipinski definition) is 1. The predicted molar refractivity (Wildman–Crippen MR) is 71.7 cm³/mol. The van der Waals surface area contributed by atoms with Crippen LogP contribution in [-0.4, -0.2) is 0 Å². The number of benzene rings is 1. The number of halogens is 3. The van der Waals surface area contributed by atoms with Crippen LogP contribution in [0, 0.1) is 0 Å². The summed E-state index contributed by atoms with van der Waals surface area (Å²) in [4.78, 5) is 0. The fraction of sp³-hybridized carbons (Fsp3) is 0.467. The molecule has 0 aromatic heterocycles. The number of rotatable bonds is 7. The quantitative estimate of drug-likeness (QED) is 0.557. The normalized spacial score (nSPS) is 13.3. The van der Waals surface area contributed by atoms with Gasteiger partial charge < -0.3 is 5.73 Å². The predicted octanol–water partition coefficient (Wildman–Crippen LogP) is 4.84. The second-order valence-electron chi connectivity index (χ2n) is 4.62. The lowest BCUT2D eigenvalue weighted by Gasteiger charge is -2.18. The minimum atomic E-state index is -4.34. The Bertz CT molecular complexity index is 399. The molecule has 1 nitrogen and oxygen atoms in total. The SMILES string of the molecule is C=CCCCCCC(N)c1ccccc1C(F)(F)F. The van der Waals surface area contributed by atoms with E-state index >= 15 is 0 Å². The molecule has 0 radical (unpaired) electrons. The van der Waals surface area contributed by atoms with Gasteiger partial charge in [0.25, 0.3) is 0 Å². The number of hydrogen-bond acceptors (Lipinski definition) is 1. The Balaban J connectivity index is 2.61. The number of unbranched alkanes of at least 4 members (excludes halogenated alkanes) is 3. The van der Waals surface area contributed by atoms with Crippen molar-refractivity contribution in [2.24, 2.45) is 5.73 Å². The highest BCUT2D eigenvalue weighted by Crippen LogP contribution is 2.35. The van der Waals surface area contributed by atoms with Crippen molar-refractivity contribution in [1.29, 1.82) is 0 Å². The third kappa shape index (κ3) is 5.07. The maximum Gasteiger partial charge on any atom is 0.416 e. The van der Waals surface area contributed by atoms with Crippen LogP contribution < -0.4 is 5.73 Å². The van der Waals surface area contributed by atoms with Crippen LogP contribution in [-0.2, 0) is 6.18 Å². The molecule has 0 bridgehead atoms. The van der Waals surface area contributed by atoms with Gasteiger partial charge in [0.05, 0.1) is 5.56 Å². The molecule has 0 spiro atoms. The van der Waals surface area contributed by atoms with Gasteiger partial charge in [0.1, 0.15) is 0 Å². The van der Waals surface area contributed by atoms with Crippen LogP contribution in [0.15, 0.2) is 36.9 Å². The molecule has 0 fully saturated rings. The molecule has 0 amide bonds. The first-order chi connectivity index (χ1) is 8.96. The fourth-order valence-corrected chi connectivity index (χ4v) is 2.06. The second kappa shape index (κ2) is 7.34. The third-order valence-electron chi connectivity index (χ3n) is 3.09. The molecule has 0 saturated carbocycles. The first-order valence-electron chi connectivity index (χ1n) is 6.49. The summed E-state index contributed by atoms with van der Waals surface area (Å²) in [5.74, 6) is 0. The van der Waals surface area contributed by atoms with Gasteiger partial charge in [-0.3, -0.25) is 0 Å². The zero-order valence-electron chi connectivity index (χ0n) is 10.9. The minimum Gasteiger partial charge on any atom is -0.324 e. The van der Waals surface area contributed by atoms with Crippen LogP contribution >= 0.6 is 0 Å². The Morgan fingerprint density at radius 3 is 2.47 bits per heavy atom. The van der Waals surface area contributed by atoms with E-state index in [1.165, 1.54) is 12.1 Å². The van der Waals surface area contributed by atoms with E-state index < -0.39 is 17.8 Å². The number of nitrogens with two attached hydrogens (primary N) is 1. The zero-order chi connectivity index (χ0) is 14.3. The standard InChI is InChI=1S/C15H20F3N/c1-2-3-4-5-6-11-14(19)12-9-7-8-10-13(12)15(16,17)18/h2,7-10,14H,1,3-6,11,19H2. The molecule has 0 aliphatic carbocycles. The van der Waals surface area contributed by atoms with Gasteiger partial charge >= 0.3 is 6.18 Å². The summed E-state index contributed by atoms with van der Waals surface area (Å²) >= 11 is 0. The van der Waals surface area contributed by atoms with Crippen molar-refractivity contribution in [3.8, 4) is 0 Å². The molecule has 0 aliphatic heterocycles. The van der Waals surface area contributed by atoms with E-state index in [0.29, 0.717) is 6.42 Å². The molecule has 0 saturated heterocycles. The lowest BCUT2D eigenvalue weighted by Crippen LogP contribution is -2.17. The first kappa shape index (κ1) is 15.8. The van der Waals surface area contributed by atoms with Crippen LogP contribution in [0.4, 0.5) is 13.2 Å². The van der Waals surface area contributed by atoms with Gasteiger partial charge in [-0.05, 0) is 30.9 Å². The van der Waals surface area contributed by atoms with Gasteiger partial charge in [-0.2, -0.15) is 13.2 Å². The third-order valence-corrected chi connectivity index (χ3v) is 3.09. The van der Waals surface area contributed by atoms with Crippen LogP contribution in [0.2, 0.25) is 0 Å². The molecule has 19 heavy (non-hydrogen) atoms. The van der Waals surface area contributed by atoms with Gasteiger partial charge in [-0.1, -0.05) is 37.1 Å². The molecule has 0 aliphatic rings. The summed E-state index contributed by atoms with van der Waals surface area (Å²) in [5.41, 5.74) is 5.46. The second-order valence-corrected chi connectivity index (χ2v) is 4.62. The van der Waals surface area contributed by atoms with Crippen LogP contribution in [0.5, 0.6) is 0 Å². The van der Waals surface area contributed by atoms with E-state index in [4.69, 9.17) is 5.73 Å². The average molecular weight is 271 g/mol. The lowest BCUT2D eigenvalue weighted by atomic mass is 9.96.